The maximum atomic E-state index is 13.0. The van der Waals surface area contributed by atoms with Gasteiger partial charge in [0.05, 0.1) is 17.9 Å². The highest BCUT2D eigenvalue weighted by Gasteiger charge is 2.18. The molecule has 5 heteroatoms. The number of nitrogens with zero attached hydrogens (tertiary/aromatic N) is 1. The molecular weight excluding hydrogens is 364 g/mol. The first-order chi connectivity index (χ1) is 14.1. The molecule has 2 amide bonds. The quantitative estimate of drug-likeness (QED) is 0.643. The third kappa shape index (κ3) is 5.23. The maximum absolute atomic E-state index is 13.0. The van der Waals surface area contributed by atoms with Crippen molar-refractivity contribution >= 4 is 17.5 Å². The Morgan fingerprint density at radius 2 is 1.66 bits per heavy atom. The lowest BCUT2D eigenvalue weighted by atomic mass is 10.1. The van der Waals surface area contributed by atoms with Gasteiger partial charge in [-0.3, -0.25) is 9.59 Å². The van der Waals surface area contributed by atoms with Crippen molar-refractivity contribution in [2.45, 2.75) is 13.5 Å². The van der Waals surface area contributed by atoms with Crippen LogP contribution in [0.3, 0.4) is 0 Å². The van der Waals surface area contributed by atoms with Crippen LogP contribution in [0.25, 0.3) is 0 Å². The maximum Gasteiger partial charge on any atom is 0.256 e. The van der Waals surface area contributed by atoms with E-state index in [1.807, 2.05) is 37.3 Å². The van der Waals surface area contributed by atoms with E-state index in [0.29, 0.717) is 35.7 Å². The standard InChI is InChI=1S/C24H24N2O3/c1-3-29-20-13-9-12-19(16-20)23(27)25-22-15-8-7-14-21(22)24(28)26(2)17-18-10-5-4-6-11-18/h4-16H,3,17H2,1-2H3,(H,25,27). The van der Waals surface area contributed by atoms with Crippen molar-refractivity contribution in [3.8, 4) is 5.75 Å². The molecule has 0 atom stereocenters. The molecule has 3 rings (SSSR count). The third-order valence-corrected chi connectivity index (χ3v) is 4.42. The van der Waals surface area contributed by atoms with Crippen LogP contribution in [-0.4, -0.2) is 30.4 Å². The van der Waals surface area contributed by atoms with Gasteiger partial charge in [0, 0.05) is 19.2 Å². The Balaban J connectivity index is 1.77. The molecule has 0 saturated carbocycles. The van der Waals surface area contributed by atoms with Crippen LogP contribution in [0.1, 0.15) is 33.2 Å². The minimum absolute atomic E-state index is 0.159. The van der Waals surface area contributed by atoms with Crippen molar-refractivity contribution in [1.82, 2.24) is 4.90 Å². The number of benzene rings is 3. The number of ether oxygens (including phenoxy) is 1. The Labute approximate surface area is 170 Å². The summed E-state index contributed by atoms with van der Waals surface area (Å²) in [7, 11) is 1.75. The van der Waals surface area contributed by atoms with Gasteiger partial charge in [-0.15, -0.1) is 0 Å². The Morgan fingerprint density at radius 3 is 2.41 bits per heavy atom. The second-order valence-electron chi connectivity index (χ2n) is 6.61. The largest absolute Gasteiger partial charge is 0.494 e. The Hall–Kier alpha value is -3.60. The van der Waals surface area contributed by atoms with E-state index >= 15 is 0 Å². The van der Waals surface area contributed by atoms with Crippen molar-refractivity contribution in [2.24, 2.45) is 0 Å². The van der Waals surface area contributed by atoms with Gasteiger partial charge in [0.15, 0.2) is 0 Å². The molecule has 5 nitrogen and oxygen atoms in total. The Bertz CT molecular complexity index is 986. The number of amides is 2. The van der Waals surface area contributed by atoms with Crippen molar-refractivity contribution in [3.05, 3.63) is 95.6 Å². The number of rotatable bonds is 7. The highest BCUT2D eigenvalue weighted by Crippen LogP contribution is 2.20. The van der Waals surface area contributed by atoms with E-state index in [4.69, 9.17) is 4.74 Å². The molecule has 0 aliphatic heterocycles. The molecule has 1 N–H and O–H groups in total. The number of hydrogen-bond donors (Lipinski definition) is 1. The Kier molecular flexibility index (Phi) is 6.63. The van der Waals surface area contributed by atoms with Crippen LogP contribution in [-0.2, 0) is 6.54 Å². The summed E-state index contributed by atoms with van der Waals surface area (Å²) in [5.41, 5.74) is 2.43. The van der Waals surface area contributed by atoms with Crippen LogP contribution in [0.4, 0.5) is 5.69 Å². The minimum atomic E-state index is -0.294. The lowest BCUT2D eigenvalue weighted by molar-refractivity contribution is 0.0786. The van der Waals surface area contributed by atoms with E-state index in [9.17, 15) is 9.59 Å². The normalized spacial score (nSPS) is 10.3. The van der Waals surface area contributed by atoms with Gasteiger partial charge < -0.3 is 15.0 Å². The van der Waals surface area contributed by atoms with Crippen LogP contribution in [0.15, 0.2) is 78.9 Å². The zero-order valence-corrected chi connectivity index (χ0v) is 16.6. The fourth-order valence-corrected chi connectivity index (χ4v) is 3.00. The summed E-state index contributed by atoms with van der Waals surface area (Å²) in [6, 6.07) is 23.8. The number of carbonyl (C=O) groups is 2. The van der Waals surface area contributed by atoms with E-state index in [1.165, 1.54) is 0 Å². The average Bonchev–Trinajstić information content (AvgIpc) is 2.75. The number of anilines is 1. The Morgan fingerprint density at radius 1 is 0.931 bits per heavy atom. The van der Waals surface area contributed by atoms with Crippen LogP contribution in [0, 0.1) is 0 Å². The highest BCUT2D eigenvalue weighted by atomic mass is 16.5. The minimum Gasteiger partial charge on any atom is -0.494 e. The number of nitrogens with one attached hydrogen (secondary N) is 1. The van der Waals surface area contributed by atoms with Crippen molar-refractivity contribution in [3.63, 3.8) is 0 Å². The summed E-state index contributed by atoms with van der Waals surface area (Å²) in [6.07, 6.45) is 0. The highest BCUT2D eigenvalue weighted by molar-refractivity contribution is 6.09. The predicted octanol–water partition coefficient (Wildman–Crippen LogP) is 4.61. The number of para-hydroxylation sites is 1. The molecule has 0 unspecified atom stereocenters. The molecule has 0 bridgehead atoms. The zero-order valence-electron chi connectivity index (χ0n) is 16.6. The molecule has 0 aliphatic carbocycles. The van der Waals surface area contributed by atoms with Gasteiger partial charge in [0.2, 0.25) is 0 Å². The lowest BCUT2D eigenvalue weighted by Crippen LogP contribution is -2.27. The molecule has 148 valence electrons. The number of carbonyl (C=O) groups excluding carboxylic acids is 2. The van der Waals surface area contributed by atoms with Crippen LogP contribution < -0.4 is 10.1 Å². The van der Waals surface area contributed by atoms with Gasteiger partial charge >= 0.3 is 0 Å². The SMILES string of the molecule is CCOc1cccc(C(=O)Nc2ccccc2C(=O)N(C)Cc2ccccc2)c1. The molecular formula is C24H24N2O3. The average molecular weight is 388 g/mol. The van der Waals surface area contributed by atoms with Crippen LogP contribution in [0.2, 0.25) is 0 Å². The van der Waals surface area contributed by atoms with Gasteiger partial charge in [-0.05, 0) is 42.8 Å². The summed E-state index contributed by atoms with van der Waals surface area (Å²) in [5.74, 6) is 0.178. The zero-order chi connectivity index (χ0) is 20.6. The van der Waals surface area contributed by atoms with Gasteiger partial charge in [0.1, 0.15) is 5.75 Å². The first-order valence-corrected chi connectivity index (χ1v) is 9.51. The lowest BCUT2D eigenvalue weighted by Gasteiger charge is -2.19. The van der Waals surface area contributed by atoms with E-state index in [2.05, 4.69) is 5.32 Å². The van der Waals surface area contributed by atoms with E-state index < -0.39 is 0 Å². The van der Waals surface area contributed by atoms with Gasteiger partial charge in [-0.1, -0.05) is 48.5 Å². The fraction of sp³-hybridized carbons (Fsp3) is 0.167. The monoisotopic (exact) mass is 388 g/mol. The van der Waals surface area contributed by atoms with Gasteiger partial charge in [0.25, 0.3) is 11.8 Å². The molecule has 0 heterocycles. The van der Waals surface area contributed by atoms with Crippen LogP contribution in [0.5, 0.6) is 5.75 Å². The second kappa shape index (κ2) is 9.55. The molecule has 29 heavy (non-hydrogen) atoms. The first-order valence-electron chi connectivity index (χ1n) is 9.51. The summed E-state index contributed by atoms with van der Waals surface area (Å²) in [4.78, 5) is 27.3. The van der Waals surface area contributed by atoms with E-state index in [0.717, 1.165) is 5.56 Å². The molecule has 3 aromatic carbocycles. The first kappa shape index (κ1) is 20.1. The smallest absolute Gasteiger partial charge is 0.256 e. The van der Waals surface area contributed by atoms with Gasteiger partial charge in [-0.25, -0.2) is 0 Å². The van der Waals surface area contributed by atoms with Crippen molar-refractivity contribution < 1.29 is 14.3 Å². The fourth-order valence-electron chi connectivity index (χ4n) is 3.00. The van der Waals surface area contributed by atoms with Crippen molar-refractivity contribution in [2.75, 3.05) is 19.0 Å². The molecule has 0 aliphatic rings. The summed E-state index contributed by atoms with van der Waals surface area (Å²) < 4.78 is 5.46. The molecule has 0 saturated heterocycles. The topological polar surface area (TPSA) is 58.6 Å². The predicted molar refractivity (Wildman–Crippen MR) is 114 cm³/mol. The molecule has 0 fully saturated rings. The molecule has 0 radical (unpaired) electrons. The second-order valence-corrected chi connectivity index (χ2v) is 6.61. The summed E-state index contributed by atoms with van der Waals surface area (Å²) >= 11 is 0. The van der Waals surface area contributed by atoms with E-state index in [-0.39, 0.29) is 11.8 Å². The third-order valence-electron chi connectivity index (χ3n) is 4.42. The van der Waals surface area contributed by atoms with Gasteiger partial charge in [-0.2, -0.15) is 0 Å². The van der Waals surface area contributed by atoms with Crippen LogP contribution >= 0.6 is 0 Å². The van der Waals surface area contributed by atoms with Crippen molar-refractivity contribution in [1.29, 1.82) is 0 Å². The summed E-state index contributed by atoms with van der Waals surface area (Å²) in [6.45, 7) is 2.90. The summed E-state index contributed by atoms with van der Waals surface area (Å²) in [5, 5.41) is 2.85. The number of hydrogen-bond acceptors (Lipinski definition) is 3. The molecule has 0 aromatic heterocycles. The molecule has 0 spiro atoms. The van der Waals surface area contributed by atoms with E-state index in [1.54, 1.807) is 60.5 Å². The molecule has 3 aromatic rings.